The van der Waals surface area contributed by atoms with E-state index >= 15 is 0 Å². The molecule has 6 nitrogen and oxygen atoms in total. The summed E-state index contributed by atoms with van der Waals surface area (Å²) in [6.45, 7) is 0. The Morgan fingerprint density at radius 3 is 2.24 bits per heavy atom. The van der Waals surface area contributed by atoms with Gasteiger partial charge in [0.15, 0.2) is 0 Å². The molecular formula is C13H14ClN3O3S. The van der Waals surface area contributed by atoms with E-state index in [2.05, 4.69) is 10.1 Å². The number of hydrogen-bond donors (Lipinski definition) is 3. The van der Waals surface area contributed by atoms with Crippen molar-refractivity contribution in [2.24, 2.45) is 5.84 Å². The first-order valence-electron chi connectivity index (χ1n) is 5.89. The molecule has 0 aromatic heterocycles. The summed E-state index contributed by atoms with van der Waals surface area (Å²) >= 11 is 5.96. The van der Waals surface area contributed by atoms with E-state index in [1.165, 1.54) is 25.3 Å². The smallest absolute Gasteiger partial charge is 0.261 e. The summed E-state index contributed by atoms with van der Waals surface area (Å²) in [7, 11) is -2.21. The number of rotatable bonds is 5. The number of hydrazine groups is 1. The zero-order valence-electron chi connectivity index (χ0n) is 11.1. The van der Waals surface area contributed by atoms with Gasteiger partial charge in [-0.2, -0.15) is 0 Å². The Kier molecular flexibility index (Phi) is 4.56. The summed E-state index contributed by atoms with van der Waals surface area (Å²) in [5.74, 6) is 5.71. The molecule has 0 aliphatic rings. The number of anilines is 2. The van der Waals surface area contributed by atoms with E-state index in [4.69, 9.17) is 22.2 Å². The molecule has 0 saturated carbocycles. The first-order valence-corrected chi connectivity index (χ1v) is 7.75. The maximum atomic E-state index is 12.2. The molecule has 0 spiro atoms. The Bertz CT molecular complexity index is 733. The number of nitrogens with one attached hydrogen (secondary N) is 2. The molecule has 2 aromatic rings. The van der Waals surface area contributed by atoms with Crippen molar-refractivity contribution in [2.45, 2.75) is 4.90 Å². The van der Waals surface area contributed by atoms with Crippen LogP contribution in [0.2, 0.25) is 5.02 Å². The third kappa shape index (κ3) is 3.57. The average Bonchev–Trinajstić information content (AvgIpc) is 2.47. The average molecular weight is 328 g/mol. The topological polar surface area (TPSA) is 93.4 Å². The third-order valence-electron chi connectivity index (χ3n) is 2.74. The van der Waals surface area contributed by atoms with Crippen LogP contribution >= 0.6 is 11.6 Å². The van der Waals surface area contributed by atoms with E-state index in [1.807, 2.05) is 0 Å². The summed E-state index contributed by atoms with van der Waals surface area (Å²) < 4.78 is 31.9. The highest BCUT2D eigenvalue weighted by atomic mass is 35.5. The van der Waals surface area contributed by atoms with Crippen molar-refractivity contribution in [2.75, 3.05) is 17.3 Å². The summed E-state index contributed by atoms with van der Waals surface area (Å²) in [4.78, 5) is 0.119. The van der Waals surface area contributed by atoms with Crippen molar-refractivity contribution in [1.29, 1.82) is 0 Å². The fraction of sp³-hybridized carbons (Fsp3) is 0.0769. The van der Waals surface area contributed by atoms with Crippen LogP contribution in [0.15, 0.2) is 47.4 Å². The predicted molar refractivity (Wildman–Crippen MR) is 83.1 cm³/mol. The number of hydrogen-bond acceptors (Lipinski definition) is 5. The second-order valence-corrected chi connectivity index (χ2v) is 6.21. The molecule has 112 valence electrons. The summed E-state index contributed by atoms with van der Waals surface area (Å²) in [6.07, 6.45) is 0. The van der Waals surface area contributed by atoms with Crippen molar-refractivity contribution in [3.05, 3.63) is 47.5 Å². The lowest BCUT2D eigenvalue weighted by Gasteiger charge is -2.10. The van der Waals surface area contributed by atoms with Gasteiger partial charge in [-0.15, -0.1) is 0 Å². The van der Waals surface area contributed by atoms with Crippen LogP contribution < -0.4 is 20.7 Å². The highest BCUT2D eigenvalue weighted by Crippen LogP contribution is 2.28. The first-order chi connectivity index (χ1) is 9.96. The summed E-state index contributed by atoms with van der Waals surface area (Å²) in [6, 6.07) is 10.7. The van der Waals surface area contributed by atoms with Crippen LogP contribution in [0.25, 0.3) is 0 Å². The molecule has 2 rings (SSSR count). The maximum Gasteiger partial charge on any atom is 0.261 e. The fourth-order valence-corrected chi connectivity index (χ4v) is 2.98. The largest absolute Gasteiger partial charge is 0.495 e. The van der Waals surface area contributed by atoms with Crippen LogP contribution in [0.1, 0.15) is 0 Å². The number of sulfonamides is 1. The number of methoxy groups -OCH3 is 1. The van der Waals surface area contributed by atoms with Gasteiger partial charge in [0.05, 0.1) is 22.7 Å². The second kappa shape index (κ2) is 6.21. The van der Waals surface area contributed by atoms with Gasteiger partial charge in [0.25, 0.3) is 10.0 Å². The lowest BCUT2D eigenvalue weighted by Crippen LogP contribution is -2.13. The maximum absolute atomic E-state index is 12.2. The van der Waals surface area contributed by atoms with E-state index in [0.29, 0.717) is 22.1 Å². The molecule has 0 radical (unpaired) electrons. The normalized spacial score (nSPS) is 11.0. The number of ether oxygens (including phenoxy) is 1. The fourth-order valence-electron chi connectivity index (χ4n) is 1.67. The zero-order valence-corrected chi connectivity index (χ0v) is 12.7. The second-order valence-electron chi connectivity index (χ2n) is 4.12. The van der Waals surface area contributed by atoms with Crippen molar-refractivity contribution in [3.8, 4) is 5.75 Å². The quantitative estimate of drug-likeness (QED) is 0.579. The monoisotopic (exact) mass is 327 g/mol. The molecule has 0 bridgehead atoms. The van der Waals surface area contributed by atoms with Gasteiger partial charge in [-0.25, -0.2) is 8.42 Å². The van der Waals surface area contributed by atoms with Crippen LogP contribution in [0, 0.1) is 0 Å². The molecule has 8 heteroatoms. The van der Waals surface area contributed by atoms with Crippen molar-refractivity contribution in [1.82, 2.24) is 0 Å². The Morgan fingerprint density at radius 1 is 1.10 bits per heavy atom. The van der Waals surface area contributed by atoms with Gasteiger partial charge < -0.3 is 10.2 Å². The van der Waals surface area contributed by atoms with Crippen molar-refractivity contribution in [3.63, 3.8) is 0 Å². The van der Waals surface area contributed by atoms with Gasteiger partial charge in [-0.1, -0.05) is 11.6 Å². The van der Waals surface area contributed by atoms with Crippen molar-refractivity contribution < 1.29 is 13.2 Å². The highest BCUT2D eigenvalue weighted by molar-refractivity contribution is 7.92. The highest BCUT2D eigenvalue weighted by Gasteiger charge is 2.14. The van der Waals surface area contributed by atoms with Crippen LogP contribution in [0.4, 0.5) is 11.4 Å². The summed E-state index contributed by atoms with van der Waals surface area (Å²) in [5.41, 5.74) is 3.39. The molecule has 2 aromatic carbocycles. The number of nitrogen functional groups attached to an aromatic ring is 1. The first kappa shape index (κ1) is 15.4. The lowest BCUT2D eigenvalue weighted by molar-refractivity contribution is 0.415. The minimum absolute atomic E-state index is 0.119. The Balaban J connectivity index is 2.26. The van der Waals surface area contributed by atoms with E-state index < -0.39 is 10.0 Å². The molecule has 0 heterocycles. The molecular weight excluding hydrogens is 314 g/mol. The van der Waals surface area contributed by atoms with Crippen LogP contribution in [-0.4, -0.2) is 15.5 Å². The molecule has 0 unspecified atom stereocenters. The summed E-state index contributed by atoms with van der Waals surface area (Å²) in [5, 5.41) is 0.320. The Morgan fingerprint density at radius 2 is 1.71 bits per heavy atom. The van der Waals surface area contributed by atoms with E-state index in [-0.39, 0.29) is 4.90 Å². The third-order valence-corrected chi connectivity index (χ3v) is 4.43. The van der Waals surface area contributed by atoms with Gasteiger partial charge in [0.1, 0.15) is 5.75 Å². The van der Waals surface area contributed by atoms with Gasteiger partial charge in [0.2, 0.25) is 0 Å². The molecule has 0 aliphatic heterocycles. The van der Waals surface area contributed by atoms with E-state index in [1.54, 1.807) is 24.3 Å². The van der Waals surface area contributed by atoms with Crippen molar-refractivity contribution >= 4 is 33.0 Å². The van der Waals surface area contributed by atoms with Gasteiger partial charge in [-0.3, -0.25) is 10.6 Å². The standard InChI is InChI=1S/C13H14ClN3O3S/c1-20-13-7-4-10(8-12(13)14)17-21(18,19)11-5-2-9(16-15)3-6-11/h2-8,16-17H,15H2,1H3. The zero-order chi connectivity index (χ0) is 15.5. The van der Waals surface area contributed by atoms with Crippen LogP contribution in [0.5, 0.6) is 5.75 Å². The SMILES string of the molecule is COc1ccc(NS(=O)(=O)c2ccc(NN)cc2)cc1Cl. The van der Waals surface area contributed by atoms with Crippen LogP contribution in [-0.2, 0) is 10.0 Å². The molecule has 0 aliphatic carbocycles. The number of nitrogens with two attached hydrogens (primary N) is 1. The Labute approximate surface area is 127 Å². The minimum Gasteiger partial charge on any atom is -0.495 e. The molecule has 21 heavy (non-hydrogen) atoms. The van der Waals surface area contributed by atoms with Gasteiger partial charge >= 0.3 is 0 Å². The lowest BCUT2D eigenvalue weighted by atomic mass is 10.3. The Hall–Kier alpha value is -1.96. The molecule has 0 atom stereocenters. The number of benzene rings is 2. The predicted octanol–water partition coefficient (Wildman–Crippen LogP) is 2.44. The molecule has 4 N–H and O–H groups in total. The molecule has 0 amide bonds. The van der Waals surface area contributed by atoms with Crippen LogP contribution in [0.3, 0.4) is 0 Å². The molecule has 0 saturated heterocycles. The minimum atomic E-state index is -3.69. The molecule has 0 fully saturated rings. The van der Waals surface area contributed by atoms with Gasteiger partial charge in [-0.05, 0) is 42.5 Å². The van der Waals surface area contributed by atoms with E-state index in [9.17, 15) is 8.42 Å². The number of halogens is 1. The van der Waals surface area contributed by atoms with Gasteiger partial charge in [0, 0.05) is 5.69 Å². The van der Waals surface area contributed by atoms with E-state index in [0.717, 1.165) is 0 Å².